The zero-order chi connectivity index (χ0) is 18.4. The highest BCUT2D eigenvalue weighted by Crippen LogP contribution is 2.29. The topological polar surface area (TPSA) is 76.8 Å². The molecule has 0 saturated carbocycles. The summed E-state index contributed by atoms with van der Waals surface area (Å²) in [5.74, 6) is 0. The van der Waals surface area contributed by atoms with E-state index in [1.54, 1.807) is 16.8 Å². The number of aromatic nitrogens is 4. The van der Waals surface area contributed by atoms with Gasteiger partial charge in [0.05, 0.1) is 11.7 Å². The highest BCUT2D eigenvalue weighted by atomic mass is 19.4. The molecule has 0 radical (unpaired) electrons. The Bertz CT molecular complexity index is 956. The van der Waals surface area contributed by atoms with Gasteiger partial charge in [0, 0.05) is 29.4 Å². The van der Waals surface area contributed by atoms with Gasteiger partial charge in [0.2, 0.25) is 0 Å². The third kappa shape index (κ3) is 3.28. The Balaban J connectivity index is 1.75. The van der Waals surface area contributed by atoms with E-state index >= 15 is 0 Å². The summed E-state index contributed by atoms with van der Waals surface area (Å²) in [5, 5.41) is 11.1. The fourth-order valence-electron chi connectivity index (χ4n) is 2.47. The summed E-state index contributed by atoms with van der Waals surface area (Å²) < 4.78 is 39.9. The first kappa shape index (κ1) is 16.8. The molecular formula is C15H15F3N6O. The van der Waals surface area contributed by atoms with Gasteiger partial charge in [-0.1, -0.05) is 0 Å². The molecule has 0 saturated heterocycles. The molecule has 0 spiro atoms. The lowest BCUT2D eigenvalue weighted by Gasteiger charge is -2.07. The van der Waals surface area contributed by atoms with Crippen molar-refractivity contribution in [1.82, 2.24) is 19.7 Å². The first-order chi connectivity index (χ1) is 11.6. The Morgan fingerprint density at radius 2 is 1.92 bits per heavy atom. The summed E-state index contributed by atoms with van der Waals surface area (Å²) in [4.78, 5) is 12.7. The number of urea groups is 1. The quantitative estimate of drug-likeness (QED) is 0.744. The lowest BCUT2D eigenvalue weighted by Crippen LogP contribution is -2.28. The summed E-state index contributed by atoms with van der Waals surface area (Å²) in [5.41, 5.74) is 3.24. The normalized spacial score (nSPS) is 11.8. The molecule has 10 heteroatoms. The van der Waals surface area contributed by atoms with E-state index in [-0.39, 0.29) is 5.56 Å². The second-order valence-electron chi connectivity index (χ2n) is 5.61. The second kappa shape index (κ2) is 5.80. The SMILES string of the molecule is Cc1cn(NC(=O)Nc2ccc3c(C)n(C)nc3c2)nc1C(F)(F)F. The van der Waals surface area contributed by atoms with Gasteiger partial charge in [-0.15, -0.1) is 5.10 Å². The van der Waals surface area contributed by atoms with Crippen LogP contribution in [0.4, 0.5) is 23.7 Å². The van der Waals surface area contributed by atoms with Gasteiger partial charge < -0.3 is 5.32 Å². The number of hydrogen-bond donors (Lipinski definition) is 2. The lowest BCUT2D eigenvalue weighted by atomic mass is 10.2. The molecule has 2 amide bonds. The van der Waals surface area contributed by atoms with Gasteiger partial charge in [-0.05, 0) is 32.0 Å². The van der Waals surface area contributed by atoms with Crippen molar-refractivity contribution in [3.05, 3.63) is 41.3 Å². The van der Waals surface area contributed by atoms with Crippen molar-refractivity contribution >= 4 is 22.6 Å². The number of amides is 2. The van der Waals surface area contributed by atoms with Gasteiger partial charge in [-0.3, -0.25) is 4.68 Å². The largest absolute Gasteiger partial charge is 0.435 e. The Morgan fingerprint density at radius 3 is 2.56 bits per heavy atom. The summed E-state index contributed by atoms with van der Waals surface area (Å²) >= 11 is 0. The van der Waals surface area contributed by atoms with Crippen LogP contribution in [0.5, 0.6) is 0 Å². The van der Waals surface area contributed by atoms with Crippen LogP contribution < -0.4 is 10.7 Å². The van der Waals surface area contributed by atoms with E-state index in [9.17, 15) is 18.0 Å². The van der Waals surface area contributed by atoms with Crippen molar-refractivity contribution in [3.63, 3.8) is 0 Å². The molecule has 25 heavy (non-hydrogen) atoms. The number of anilines is 1. The van der Waals surface area contributed by atoms with E-state index in [0.717, 1.165) is 22.1 Å². The van der Waals surface area contributed by atoms with Crippen LogP contribution in [0.15, 0.2) is 24.4 Å². The molecule has 0 bridgehead atoms. The predicted octanol–water partition coefficient (Wildman–Crippen LogP) is 3.18. The molecule has 0 aliphatic carbocycles. The summed E-state index contributed by atoms with van der Waals surface area (Å²) in [6.45, 7) is 3.19. The van der Waals surface area contributed by atoms with Crippen molar-refractivity contribution in [3.8, 4) is 0 Å². The number of nitrogens with one attached hydrogen (secondary N) is 2. The lowest BCUT2D eigenvalue weighted by molar-refractivity contribution is -0.141. The van der Waals surface area contributed by atoms with Gasteiger partial charge in [-0.25, -0.2) is 10.2 Å². The van der Waals surface area contributed by atoms with Crippen LogP contribution in [0, 0.1) is 13.8 Å². The van der Waals surface area contributed by atoms with Crippen LogP contribution in [0.3, 0.4) is 0 Å². The number of carbonyl (C=O) groups excluding carboxylic acids is 1. The highest BCUT2D eigenvalue weighted by molar-refractivity contribution is 5.97. The zero-order valence-corrected chi connectivity index (χ0v) is 13.6. The highest BCUT2D eigenvalue weighted by Gasteiger charge is 2.36. The molecule has 132 valence electrons. The van der Waals surface area contributed by atoms with E-state index in [1.165, 1.54) is 6.92 Å². The molecule has 0 aliphatic rings. The van der Waals surface area contributed by atoms with E-state index in [1.807, 2.05) is 20.0 Å². The number of nitrogens with zero attached hydrogens (tertiary/aromatic N) is 4. The van der Waals surface area contributed by atoms with Crippen molar-refractivity contribution in [2.24, 2.45) is 7.05 Å². The van der Waals surface area contributed by atoms with E-state index in [4.69, 9.17) is 0 Å². The number of halogens is 3. The second-order valence-corrected chi connectivity index (χ2v) is 5.61. The smallest absolute Gasteiger partial charge is 0.306 e. The van der Waals surface area contributed by atoms with Crippen molar-refractivity contribution in [2.45, 2.75) is 20.0 Å². The molecule has 2 aromatic heterocycles. The van der Waals surface area contributed by atoms with Gasteiger partial charge in [0.15, 0.2) is 5.69 Å². The molecular weight excluding hydrogens is 337 g/mol. The van der Waals surface area contributed by atoms with Crippen LogP contribution in [0.2, 0.25) is 0 Å². The summed E-state index contributed by atoms with van der Waals surface area (Å²) in [6, 6.07) is 4.46. The molecule has 0 aliphatic heterocycles. The van der Waals surface area contributed by atoms with Crippen molar-refractivity contribution in [1.29, 1.82) is 0 Å². The average Bonchev–Trinajstić information content (AvgIpc) is 2.99. The molecule has 0 unspecified atom stereocenters. The number of alkyl halides is 3. The van der Waals surface area contributed by atoms with Gasteiger partial charge in [-0.2, -0.15) is 23.1 Å². The van der Waals surface area contributed by atoms with Crippen LogP contribution in [-0.2, 0) is 13.2 Å². The zero-order valence-electron chi connectivity index (χ0n) is 13.6. The van der Waals surface area contributed by atoms with Crippen molar-refractivity contribution in [2.75, 3.05) is 10.7 Å². The summed E-state index contributed by atoms with van der Waals surface area (Å²) in [6.07, 6.45) is -3.48. The van der Waals surface area contributed by atoms with E-state index in [0.29, 0.717) is 11.2 Å². The maximum absolute atomic E-state index is 12.7. The third-order valence-electron chi connectivity index (χ3n) is 3.77. The Labute approximate surface area is 140 Å². The molecule has 2 heterocycles. The minimum atomic E-state index is -4.57. The van der Waals surface area contributed by atoms with Crippen LogP contribution in [-0.4, -0.2) is 25.7 Å². The number of hydrogen-bond acceptors (Lipinski definition) is 3. The maximum atomic E-state index is 12.7. The first-order valence-corrected chi connectivity index (χ1v) is 7.30. The van der Waals surface area contributed by atoms with Crippen LogP contribution >= 0.6 is 0 Å². The van der Waals surface area contributed by atoms with Gasteiger partial charge in [0.1, 0.15) is 0 Å². The predicted molar refractivity (Wildman–Crippen MR) is 85.8 cm³/mol. The Morgan fingerprint density at radius 1 is 1.20 bits per heavy atom. The molecule has 3 aromatic rings. The molecule has 2 N–H and O–H groups in total. The number of rotatable bonds is 2. The first-order valence-electron chi connectivity index (χ1n) is 7.30. The minimum absolute atomic E-state index is 0.0850. The minimum Gasteiger partial charge on any atom is -0.306 e. The van der Waals surface area contributed by atoms with Crippen LogP contribution in [0.25, 0.3) is 10.9 Å². The average molecular weight is 352 g/mol. The van der Waals surface area contributed by atoms with Crippen LogP contribution in [0.1, 0.15) is 17.0 Å². The number of benzene rings is 1. The standard InChI is InChI=1S/C15H15F3N6O/c1-8-7-24(21-13(8)15(16,17)18)22-14(25)19-10-4-5-11-9(2)23(3)20-12(11)6-10/h4-7H,1-3H3,(H2,19,22,25). The van der Waals surface area contributed by atoms with Gasteiger partial charge >= 0.3 is 12.2 Å². The fourth-order valence-corrected chi connectivity index (χ4v) is 2.47. The molecule has 0 fully saturated rings. The third-order valence-corrected chi connectivity index (χ3v) is 3.77. The Kier molecular flexibility index (Phi) is 3.90. The fraction of sp³-hybridized carbons (Fsp3) is 0.267. The van der Waals surface area contributed by atoms with Crippen molar-refractivity contribution < 1.29 is 18.0 Å². The van der Waals surface area contributed by atoms with E-state index < -0.39 is 17.9 Å². The van der Waals surface area contributed by atoms with E-state index in [2.05, 4.69) is 20.9 Å². The summed E-state index contributed by atoms with van der Waals surface area (Å²) in [7, 11) is 1.81. The maximum Gasteiger partial charge on any atom is 0.435 e. The van der Waals surface area contributed by atoms with Gasteiger partial charge in [0.25, 0.3) is 0 Å². The Hall–Kier alpha value is -3.04. The number of carbonyl (C=O) groups is 1. The monoisotopic (exact) mass is 352 g/mol. The molecule has 0 atom stereocenters. The molecule has 7 nitrogen and oxygen atoms in total. The number of fused-ring (bicyclic) bond motifs is 1. The molecule has 1 aromatic carbocycles. The molecule has 3 rings (SSSR count). The number of aryl methyl sites for hydroxylation is 3.